The molecule has 1 aromatic heterocycles. The molecule has 1 saturated heterocycles. The van der Waals surface area contributed by atoms with Crippen LogP contribution in [0.3, 0.4) is 0 Å². The van der Waals surface area contributed by atoms with Crippen LogP contribution in [0.4, 0.5) is 0 Å². The molecule has 0 N–H and O–H groups in total. The largest absolute Gasteiger partial charge is 0.494 e. The summed E-state index contributed by atoms with van der Waals surface area (Å²) in [6, 6.07) is 6.61. The standard InChI is InChI=1S/C17H24N4O3S2/c1-3-24-15-4-6-16(7-5-15)26(22,23)21-12-9-19(10-13-21)14-20-11-8-18(2)17(20)25/h4-8,11H,3,9-10,12-14H2,1-2H3. The first-order valence-corrected chi connectivity index (χ1v) is 10.4. The van der Waals surface area contributed by atoms with Gasteiger partial charge in [-0.1, -0.05) is 0 Å². The maximum Gasteiger partial charge on any atom is 0.243 e. The summed E-state index contributed by atoms with van der Waals surface area (Å²) < 4.78 is 37.2. The van der Waals surface area contributed by atoms with Crippen molar-refractivity contribution in [3.63, 3.8) is 0 Å². The van der Waals surface area contributed by atoms with E-state index in [2.05, 4.69) is 4.90 Å². The SMILES string of the molecule is CCOc1ccc(S(=O)(=O)N2CCN(Cn3ccn(C)c3=S)CC2)cc1. The van der Waals surface area contributed by atoms with Crippen LogP contribution in [0.25, 0.3) is 0 Å². The Labute approximate surface area is 159 Å². The number of piperazine rings is 1. The number of hydrogen-bond donors (Lipinski definition) is 0. The lowest BCUT2D eigenvalue weighted by Crippen LogP contribution is -2.48. The van der Waals surface area contributed by atoms with Crippen LogP contribution in [0.1, 0.15) is 6.92 Å². The van der Waals surface area contributed by atoms with E-state index in [9.17, 15) is 8.42 Å². The summed E-state index contributed by atoms with van der Waals surface area (Å²) in [6.07, 6.45) is 3.88. The maximum absolute atomic E-state index is 12.8. The third kappa shape index (κ3) is 4.01. The molecule has 3 rings (SSSR count). The van der Waals surface area contributed by atoms with Gasteiger partial charge in [0.05, 0.1) is 18.2 Å². The molecule has 2 aromatic rings. The van der Waals surface area contributed by atoms with Gasteiger partial charge in [-0.05, 0) is 43.4 Å². The molecule has 26 heavy (non-hydrogen) atoms. The van der Waals surface area contributed by atoms with E-state index in [1.54, 1.807) is 28.6 Å². The zero-order valence-corrected chi connectivity index (χ0v) is 16.7. The molecule has 0 amide bonds. The Balaban J connectivity index is 1.63. The molecule has 0 radical (unpaired) electrons. The second-order valence-electron chi connectivity index (χ2n) is 6.23. The predicted molar refractivity (Wildman–Crippen MR) is 102 cm³/mol. The van der Waals surface area contributed by atoms with Gasteiger partial charge in [0.15, 0.2) is 4.77 Å². The molecule has 0 atom stereocenters. The molecule has 1 fully saturated rings. The number of rotatable bonds is 6. The molecule has 0 saturated carbocycles. The van der Waals surface area contributed by atoms with Gasteiger partial charge in [0, 0.05) is 45.6 Å². The van der Waals surface area contributed by atoms with Gasteiger partial charge in [0.2, 0.25) is 10.0 Å². The highest BCUT2D eigenvalue weighted by atomic mass is 32.2. The molecule has 0 unspecified atom stereocenters. The van der Waals surface area contributed by atoms with Crippen molar-refractivity contribution in [1.82, 2.24) is 18.3 Å². The highest BCUT2D eigenvalue weighted by molar-refractivity contribution is 7.89. The van der Waals surface area contributed by atoms with Crippen molar-refractivity contribution in [3.05, 3.63) is 41.4 Å². The number of nitrogens with zero attached hydrogens (tertiary/aromatic N) is 4. The molecule has 0 spiro atoms. The summed E-state index contributed by atoms with van der Waals surface area (Å²) in [5.41, 5.74) is 0. The van der Waals surface area contributed by atoms with Gasteiger partial charge in [0.25, 0.3) is 0 Å². The number of aryl methyl sites for hydroxylation is 1. The number of hydrogen-bond acceptors (Lipinski definition) is 5. The number of imidazole rings is 1. The van der Waals surface area contributed by atoms with E-state index < -0.39 is 10.0 Å². The zero-order valence-electron chi connectivity index (χ0n) is 15.0. The van der Waals surface area contributed by atoms with E-state index in [4.69, 9.17) is 17.0 Å². The van der Waals surface area contributed by atoms with Gasteiger partial charge in [-0.15, -0.1) is 0 Å². The molecular formula is C17H24N4O3S2. The second kappa shape index (κ2) is 7.91. The van der Waals surface area contributed by atoms with Crippen molar-refractivity contribution >= 4 is 22.2 Å². The zero-order chi connectivity index (χ0) is 18.7. The van der Waals surface area contributed by atoms with Crippen LogP contribution in [-0.4, -0.2) is 59.5 Å². The first-order chi connectivity index (χ1) is 12.4. The third-order valence-electron chi connectivity index (χ3n) is 4.47. The summed E-state index contributed by atoms with van der Waals surface area (Å²) in [5, 5.41) is 0. The van der Waals surface area contributed by atoms with Crippen LogP contribution in [-0.2, 0) is 23.7 Å². The van der Waals surface area contributed by atoms with Crippen molar-refractivity contribution in [2.45, 2.75) is 18.5 Å². The monoisotopic (exact) mass is 396 g/mol. The minimum absolute atomic E-state index is 0.305. The summed E-state index contributed by atoms with van der Waals surface area (Å²) in [4.78, 5) is 2.51. The molecule has 7 nitrogen and oxygen atoms in total. The van der Waals surface area contributed by atoms with E-state index in [-0.39, 0.29) is 0 Å². The van der Waals surface area contributed by atoms with Crippen LogP contribution in [0.5, 0.6) is 5.75 Å². The fourth-order valence-electron chi connectivity index (χ4n) is 2.97. The first kappa shape index (κ1) is 19.1. The van der Waals surface area contributed by atoms with Gasteiger partial charge in [-0.25, -0.2) is 8.42 Å². The molecule has 142 valence electrons. The normalized spacial score (nSPS) is 16.7. The minimum atomic E-state index is -3.47. The Kier molecular flexibility index (Phi) is 5.81. The summed E-state index contributed by atoms with van der Waals surface area (Å²) in [6.45, 7) is 5.41. The maximum atomic E-state index is 12.8. The molecule has 0 aliphatic carbocycles. The Bertz CT molecular complexity index is 895. The Morgan fingerprint density at radius 1 is 1.08 bits per heavy atom. The van der Waals surface area contributed by atoms with Crippen LogP contribution in [0.2, 0.25) is 0 Å². The number of aromatic nitrogens is 2. The average molecular weight is 397 g/mol. The lowest BCUT2D eigenvalue weighted by Gasteiger charge is -2.34. The van der Waals surface area contributed by atoms with Crippen LogP contribution in [0.15, 0.2) is 41.6 Å². The lowest BCUT2D eigenvalue weighted by atomic mass is 10.3. The molecule has 9 heteroatoms. The van der Waals surface area contributed by atoms with Crippen LogP contribution < -0.4 is 4.74 Å². The van der Waals surface area contributed by atoms with Crippen molar-refractivity contribution in [2.75, 3.05) is 32.8 Å². The molecule has 2 heterocycles. The summed E-state index contributed by atoms with van der Waals surface area (Å²) in [7, 11) is -1.56. The van der Waals surface area contributed by atoms with Crippen LogP contribution in [0, 0.1) is 4.77 Å². The van der Waals surface area contributed by atoms with Gasteiger partial charge >= 0.3 is 0 Å². The quantitative estimate of drug-likeness (QED) is 0.698. The van der Waals surface area contributed by atoms with Gasteiger partial charge in [-0.2, -0.15) is 4.31 Å². The van der Waals surface area contributed by atoms with E-state index in [1.165, 1.54) is 0 Å². The topological polar surface area (TPSA) is 59.7 Å². The van der Waals surface area contributed by atoms with E-state index in [0.717, 1.165) is 4.77 Å². The van der Waals surface area contributed by atoms with Gasteiger partial charge in [0.1, 0.15) is 5.75 Å². The van der Waals surface area contributed by atoms with Crippen molar-refractivity contribution in [3.8, 4) is 5.75 Å². The Morgan fingerprint density at radius 2 is 1.73 bits per heavy atom. The highest BCUT2D eigenvalue weighted by Crippen LogP contribution is 2.21. The lowest BCUT2D eigenvalue weighted by molar-refractivity contribution is 0.151. The average Bonchev–Trinajstić information content (AvgIpc) is 2.95. The predicted octanol–water partition coefficient (Wildman–Crippen LogP) is 1.92. The van der Waals surface area contributed by atoms with Crippen molar-refractivity contribution in [1.29, 1.82) is 0 Å². The smallest absolute Gasteiger partial charge is 0.243 e. The van der Waals surface area contributed by atoms with E-state index >= 15 is 0 Å². The molecule has 1 aliphatic heterocycles. The second-order valence-corrected chi connectivity index (χ2v) is 8.53. The molecule has 1 aromatic carbocycles. The number of benzene rings is 1. The Hall–Kier alpha value is -1.68. The molecular weight excluding hydrogens is 372 g/mol. The van der Waals surface area contributed by atoms with Gasteiger partial charge in [-0.3, -0.25) is 4.90 Å². The Morgan fingerprint density at radius 3 is 2.27 bits per heavy atom. The number of ether oxygens (including phenoxy) is 1. The van der Waals surface area contributed by atoms with E-state index in [1.807, 2.05) is 35.5 Å². The highest BCUT2D eigenvalue weighted by Gasteiger charge is 2.28. The third-order valence-corrected chi connectivity index (χ3v) is 6.91. The minimum Gasteiger partial charge on any atom is -0.494 e. The van der Waals surface area contributed by atoms with Crippen molar-refractivity contribution < 1.29 is 13.2 Å². The van der Waals surface area contributed by atoms with Crippen molar-refractivity contribution in [2.24, 2.45) is 7.05 Å². The fraction of sp³-hybridized carbons (Fsp3) is 0.471. The van der Waals surface area contributed by atoms with Crippen LogP contribution >= 0.6 is 12.2 Å². The fourth-order valence-corrected chi connectivity index (χ4v) is 4.57. The summed E-state index contributed by atoms with van der Waals surface area (Å²) >= 11 is 5.35. The summed E-state index contributed by atoms with van der Waals surface area (Å²) in [5.74, 6) is 0.677. The van der Waals surface area contributed by atoms with Gasteiger partial charge < -0.3 is 13.9 Å². The molecule has 0 bridgehead atoms. The molecule has 1 aliphatic rings. The van der Waals surface area contributed by atoms with E-state index in [0.29, 0.717) is 50.1 Å². The first-order valence-electron chi connectivity index (χ1n) is 8.59. The number of sulfonamides is 1.